The second-order valence-electron chi connectivity index (χ2n) is 8.00. The number of hydrogen-bond donors (Lipinski definition) is 3. The molecule has 166 valence electrons. The standard InChI is InChI=1S/C21H23F3N4O3/c1-12(19(28-25)10-26-14-7-20(29,8-14)21(22,23)24)31-15-2-3-18-17(6-15)16-4-5-30-11-13(16)9-27-18/h2-3,6,9-10,12,14,29H,4-5,7-8,11,25H2,1H3/p+1/b26-10?,28-19+/t12-,14?,20?/m1/s1. The van der Waals surface area contributed by atoms with Crippen LogP contribution in [0.5, 0.6) is 5.75 Å². The molecule has 2 aliphatic rings. The summed E-state index contributed by atoms with van der Waals surface area (Å²) in [5.41, 5.74) is 0.819. The van der Waals surface area contributed by atoms with Crippen LogP contribution in [0.2, 0.25) is 0 Å². The molecule has 1 fully saturated rings. The molecular formula is C21H24F3N4O3+. The number of nitrogens with two attached hydrogens (primary N) is 1. The van der Waals surface area contributed by atoms with Crippen molar-refractivity contribution in [3.05, 3.63) is 35.5 Å². The van der Waals surface area contributed by atoms with E-state index in [1.807, 2.05) is 18.3 Å². The SMILES string of the molecule is C[C@@H](Oc1ccc2ncc3c(c2c1)CCOC3)/C(C=[NH+]C1CC(O)(C(F)(F)F)C1)=N/N. The Balaban J connectivity index is 1.44. The van der Waals surface area contributed by atoms with Gasteiger partial charge in [0.15, 0.2) is 23.6 Å². The van der Waals surface area contributed by atoms with Crippen LogP contribution >= 0.6 is 0 Å². The summed E-state index contributed by atoms with van der Waals surface area (Å²) >= 11 is 0. The molecule has 2 heterocycles. The molecule has 4 N–H and O–H groups in total. The predicted molar refractivity (Wildman–Crippen MR) is 108 cm³/mol. The smallest absolute Gasteiger partial charge is 0.417 e. The highest BCUT2D eigenvalue weighted by Gasteiger charge is 2.63. The van der Waals surface area contributed by atoms with Crippen molar-refractivity contribution in [3.8, 4) is 5.75 Å². The van der Waals surface area contributed by atoms with E-state index in [1.165, 1.54) is 11.8 Å². The molecule has 0 spiro atoms. The minimum Gasteiger partial charge on any atom is -0.484 e. The molecule has 7 nitrogen and oxygen atoms in total. The average molecular weight is 437 g/mol. The molecule has 4 rings (SSSR count). The Hall–Kier alpha value is -2.72. The minimum atomic E-state index is -4.64. The van der Waals surface area contributed by atoms with E-state index in [2.05, 4.69) is 15.1 Å². The number of aromatic nitrogens is 1. The van der Waals surface area contributed by atoms with E-state index in [0.29, 0.717) is 24.7 Å². The number of hydrogen-bond acceptors (Lipinski definition) is 6. The minimum absolute atomic E-state index is 0.337. The lowest BCUT2D eigenvalue weighted by atomic mass is 9.75. The monoisotopic (exact) mass is 437 g/mol. The second kappa shape index (κ2) is 8.08. The summed E-state index contributed by atoms with van der Waals surface area (Å²) in [5, 5.41) is 14.2. The van der Waals surface area contributed by atoms with E-state index in [-0.39, 0.29) is 0 Å². The van der Waals surface area contributed by atoms with Gasteiger partial charge in [0.2, 0.25) is 0 Å². The van der Waals surface area contributed by atoms with Gasteiger partial charge in [0.05, 0.1) is 18.7 Å². The number of benzene rings is 1. The van der Waals surface area contributed by atoms with Crippen LogP contribution in [0.1, 0.15) is 30.9 Å². The second-order valence-corrected chi connectivity index (χ2v) is 8.00. The fourth-order valence-electron chi connectivity index (χ4n) is 3.95. The first-order valence-corrected chi connectivity index (χ1v) is 10.0. The van der Waals surface area contributed by atoms with Crippen molar-refractivity contribution in [1.82, 2.24) is 4.98 Å². The Morgan fingerprint density at radius 3 is 2.94 bits per heavy atom. The number of aliphatic hydroxyl groups is 1. The molecule has 2 aromatic rings. The van der Waals surface area contributed by atoms with Gasteiger partial charge in [-0.15, -0.1) is 0 Å². The van der Waals surface area contributed by atoms with Crippen molar-refractivity contribution < 1.29 is 32.7 Å². The summed E-state index contributed by atoms with van der Waals surface area (Å²) in [6.45, 7) is 2.94. The number of fused-ring (bicyclic) bond motifs is 3. The van der Waals surface area contributed by atoms with Gasteiger partial charge in [-0.25, -0.2) is 4.99 Å². The number of pyridine rings is 1. The number of nitrogens with one attached hydrogen (secondary N) is 1. The maximum absolute atomic E-state index is 12.7. The molecule has 31 heavy (non-hydrogen) atoms. The molecule has 0 amide bonds. The molecule has 1 aromatic heterocycles. The molecule has 1 aliphatic heterocycles. The number of halogens is 3. The normalized spacial score (nSPS) is 25.3. The van der Waals surface area contributed by atoms with Gasteiger partial charge in [-0.3, -0.25) is 4.98 Å². The Morgan fingerprint density at radius 2 is 2.23 bits per heavy atom. The van der Waals surface area contributed by atoms with Crippen molar-refractivity contribution in [2.45, 2.75) is 56.7 Å². The highest BCUT2D eigenvalue weighted by atomic mass is 19.4. The van der Waals surface area contributed by atoms with E-state index in [1.54, 1.807) is 13.0 Å². The van der Waals surface area contributed by atoms with Gasteiger partial charge in [-0.1, -0.05) is 0 Å². The summed E-state index contributed by atoms with van der Waals surface area (Å²) in [6.07, 6.45) is -1.96. The zero-order chi connectivity index (χ0) is 22.2. The Labute approximate surface area is 176 Å². The number of nitrogens with zero attached hydrogens (tertiary/aromatic N) is 2. The third-order valence-corrected chi connectivity index (χ3v) is 5.84. The van der Waals surface area contributed by atoms with Crippen LogP contribution in [0.15, 0.2) is 29.5 Å². The zero-order valence-corrected chi connectivity index (χ0v) is 16.9. The summed E-state index contributed by atoms with van der Waals surface area (Å²) in [6, 6.07) is 5.07. The topological polar surface area (TPSA) is 104 Å². The quantitative estimate of drug-likeness (QED) is 0.368. The molecule has 0 saturated heterocycles. The van der Waals surface area contributed by atoms with E-state index in [4.69, 9.17) is 15.3 Å². The van der Waals surface area contributed by atoms with Crippen LogP contribution in [0.25, 0.3) is 10.9 Å². The van der Waals surface area contributed by atoms with Crippen LogP contribution in [0, 0.1) is 0 Å². The van der Waals surface area contributed by atoms with E-state index < -0.39 is 36.8 Å². The van der Waals surface area contributed by atoms with Crippen LogP contribution < -0.4 is 15.6 Å². The van der Waals surface area contributed by atoms with Gasteiger partial charge in [-0.05, 0) is 42.7 Å². The number of alkyl halides is 3. The Kier molecular flexibility index (Phi) is 5.61. The van der Waals surface area contributed by atoms with Crippen molar-refractivity contribution in [2.24, 2.45) is 10.9 Å². The Bertz CT molecular complexity index is 1030. The van der Waals surface area contributed by atoms with Gasteiger partial charge in [-0.2, -0.15) is 18.3 Å². The zero-order valence-electron chi connectivity index (χ0n) is 16.9. The lowest BCUT2D eigenvalue weighted by Crippen LogP contribution is -2.85. The van der Waals surface area contributed by atoms with E-state index >= 15 is 0 Å². The first kappa shape index (κ1) is 21.5. The summed E-state index contributed by atoms with van der Waals surface area (Å²) < 4.78 is 49.7. The van der Waals surface area contributed by atoms with Gasteiger partial charge in [0.25, 0.3) is 0 Å². The summed E-state index contributed by atoms with van der Waals surface area (Å²) in [7, 11) is 0. The summed E-state index contributed by atoms with van der Waals surface area (Å²) in [4.78, 5) is 7.30. The fraction of sp³-hybridized carbons (Fsp3) is 0.476. The van der Waals surface area contributed by atoms with Gasteiger partial charge in [0, 0.05) is 24.4 Å². The molecule has 1 saturated carbocycles. The first-order valence-electron chi connectivity index (χ1n) is 10.0. The third kappa shape index (κ3) is 4.22. The van der Waals surface area contributed by atoms with Gasteiger partial charge >= 0.3 is 6.18 Å². The van der Waals surface area contributed by atoms with Crippen molar-refractivity contribution in [1.29, 1.82) is 0 Å². The molecule has 0 bridgehead atoms. The largest absolute Gasteiger partial charge is 0.484 e. The van der Waals surface area contributed by atoms with Crippen LogP contribution in [-0.4, -0.2) is 52.5 Å². The highest BCUT2D eigenvalue weighted by molar-refractivity contribution is 6.30. The van der Waals surface area contributed by atoms with E-state index in [0.717, 1.165) is 22.9 Å². The van der Waals surface area contributed by atoms with Gasteiger partial charge < -0.3 is 20.4 Å². The van der Waals surface area contributed by atoms with Crippen molar-refractivity contribution >= 4 is 22.8 Å². The molecule has 0 unspecified atom stereocenters. The molecule has 1 atom stereocenters. The number of ether oxygens (including phenoxy) is 2. The fourth-order valence-corrected chi connectivity index (χ4v) is 3.95. The van der Waals surface area contributed by atoms with Crippen LogP contribution in [0.4, 0.5) is 13.2 Å². The molecule has 1 aromatic carbocycles. The highest BCUT2D eigenvalue weighted by Crippen LogP contribution is 2.43. The van der Waals surface area contributed by atoms with Crippen LogP contribution in [-0.2, 0) is 17.8 Å². The molecule has 0 radical (unpaired) electrons. The first-order chi connectivity index (χ1) is 14.7. The molecular weight excluding hydrogens is 413 g/mol. The van der Waals surface area contributed by atoms with Crippen molar-refractivity contribution in [3.63, 3.8) is 0 Å². The summed E-state index contributed by atoms with van der Waals surface area (Å²) in [5.74, 6) is 6.06. The third-order valence-electron chi connectivity index (χ3n) is 5.84. The Morgan fingerprint density at radius 1 is 1.45 bits per heavy atom. The molecule has 10 heteroatoms. The number of hydrazone groups is 1. The number of rotatable bonds is 5. The maximum atomic E-state index is 12.7. The lowest BCUT2D eigenvalue weighted by molar-refractivity contribution is -0.538. The average Bonchev–Trinajstić information content (AvgIpc) is 2.71. The lowest BCUT2D eigenvalue weighted by Gasteiger charge is -2.39. The maximum Gasteiger partial charge on any atom is 0.417 e. The predicted octanol–water partition coefficient (Wildman–Crippen LogP) is 0.997. The van der Waals surface area contributed by atoms with Gasteiger partial charge in [0.1, 0.15) is 11.9 Å². The van der Waals surface area contributed by atoms with Crippen molar-refractivity contribution in [2.75, 3.05) is 6.61 Å². The van der Waals surface area contributed by atoms with E-state index in [9.17, 15) is 18.3 Å². The van der Waals surface area contributed by atoms with Crippen LogP contribution in [0.3, 0.4) is 0 Å². The molecule has 1 aliphatic carbocycles.